The van der Waals surface area contributed by atoms with Crippen molar-refractivity contribution in [2.75, 3.05) is 33.2 Å². The molecule has 2 aliphatic rings. The van der Waals surface area contributed by atoms with E-state index in [1.807, 2.05) is 72.6 Å². The summed E-state index contributed by atoms with van der Waals surface area (Å²) in [6, 6.07) is 25.0. The topological polar surface area (TPSA) is 43.8 Å². The van der Waals surface area contributed by atoms with Gasteiger partial charge in [-0.15, -0.1) is 0 Å². The molecule has 5 rings (SSSR count). The van der Waals surface area contributed by atoms with Crippen LogP contribution in [0.2, 0.25) is 0 Å². The standard InChI is InChI=1S/C31H33F3N2O2/c1-35-22-27(30(28(35)37,23-9-4-2-5-10-23)24-11-6-3-7-12-24)15-18-36-19-16-29(38,17-20-36)25-13-8-14-26(21-25)31(32,33)34/h2-14,21,27,38H,15-20,22H2,1H3. The normalized spacial score (nSPS) is 21.6. The maximum atomic E-state index is 13.8. The van der Waals surface area contributed by atoms with Gasteiger partial charge in [-0.3, -0.25) is 4.79 Å². The number of alkyl halides is 3. The third kappa shape index (κ3) is 4.74. The molecule has 1 N–H and O–H groups in total. The van der Waals surface area contributed by atoms with Gasteiger partial charge in [0.25, 0.3) is 0 Å². The Kier molecular flexibility index (Phi) is 7.09. The number of rotatable bonds is 6. The van der Waals surface area contributed by atoms with Gasteiger partial charge in [0.2, 0.25) is 5.91 Å². The molecular weight excluding hydrogens is 489 g/mol. The highest BCUT2D eigenvalue weighted by molar-refractivity contribution is 5.94. The van der Waals surface area contributed by atoms with Crippen molar-refractivity contribution in [3.63, 3.8) is 0 Å². The number of halogens is 3. The Bertz CT molecular complexity index is 1220. The first-order valence-electron chi connectivity index (χ1n) is 13.1. The van der Waals surface area contributed by atoms with E-state index in [4.69, 9.17) is 0 Å². The molecule has 3 aromatic rings. The molecule has 0 spiro atoms. The van der Waals surface area contributed by atoms with Crippen molar-refractivity contribution in [3.8, 4) is 0 Å². The molecule has 0 radical (unpaired) electrons. The molecule has 200 valence electrons. The lowest BCUT2D eigenvalue weighted by Crippen LogP contribution is -2.45. The molecule has 0 bridgehead atoms. The summed E-state index contributed by atoms with van der Waals surface area (Å²) in [6.45, 7) is 2.54. The van der Waals surface area contributed by atoms with E-state index in [1.54, 1.807) is 6.07 Å². The molecule has 2 aliphatic heterocycles. The molecule has 38 heavy (non-hydrogen) atoms. The zero-order valence-corrected chi connectivity index (χ0v) is 21.5. The van der Waals surface area contributed by atoms with E-state index in [-0.39, 0.29) is 11.8 Å². The summed E-state index contributed by atoms with van der Waals surface area (Å²) >= 11 is 0. The molecule has 4 nitrogen and oxygen atoms in total. The molecule has 7 heteroatoms. The van der Waals surface area contributed by atoms with Crippen molar-refractivity contribution in [1.29, 1.82) is 0 Å². The zero-order chi connectivity index (χ0) is 27.0. The van der Waals surface area contributed by atoms with Crippen LogP contribution in [0.3, 0.4) is 0 Å². The van der Waals surface area contributed by atoms with Crippen molar-refractivity contribution >= 4 is 5.91 Å². The van der Waals surface area contributed by atoms with Crippen LogP contribution in [0, 0.1) is 5.92 Å². The fourth-order valence-corrected chi connectivity index (χ4v) is 6.38. The smallest absolute Gasteiger partial charge is 0.385 e. The second-order valence-electron chi connectivity index (χ2n) is 10.7. The van der Waals surface area contributed by atoms with Crippen LogP contribution in [0.15, 0.2) is 84.9 Å². The Morgan fingerprint density at radius 2 is 1.42 bits per heavy atom. The van der Waals surface area contributed by atoms with Gasteiger partial charge in [-0.1, -0.05) is 72.8 Å². The molecule has 2 saturated heterocycles. The van der Waals surface area contributed by atoms with Gasteiger partial charge >= 0.3 is 6.18 Å². The third-order valence-corrected chi connectivity index (χ3v) is 8.45. The Hall–Kier alpha value is -3.16. The number of likely N-dealkylation sites (tertiary alicyclic amines) is 2. The van der Waals surface area contributed by atoms with Gasteiger partial charge in [0.15, 0.2) is 0 Å². The number of nitrogens with zero attached hydrogens (tertiary/aromatic N) is 2. The van der Waals surface area contributed by atoms with Crippen LogP contribution in [0.25, 0.3) is 0 Å². The summed E-state index contributed by atoms with van der Waals surface area (Å²) < 4.78 is 39.6. The predicted molar refractivity (Wildman–Crippen MR) is 140 cm³/mol. The van der Waals surface area contributed by atoms with E-state index in [2.05, 4.69) is 4.90 Å². The Balaban J connectivity index is 1.33. The number of carbonyl (C=O) groups excluding carboxylic acids is 1. The monoisotopic (exact) mass is 522 g/mol. The van der Waals surface area contributed by atoms with Gasteiger partial charge in [-0.25, -0.2) is 0 Å². The first kappa shape index (κ1) is 26.4. The fourth-order valence-electron chi connectivity index (χ4n) is 6.38. The van der Waals surface area contributed by atoms with Crippen molar-refractivity contribution < 1.29 is 23.1 Å². The predicted octanol–water partition coefficient (Wildman–Crippen LogP) is 5.45. The largest absolute Gasteiger partial charge is 0.416 e. The first-order chi connectivity index (χ1) is 18.1. The van der Waals surface area contributed by atoms with Gasteiger partial charge in [0, 0.05) is 32.6 Å². The van der Waals surface area contributed by atoms with E-state index >= 15 is 0 Å². The lowest BCUT2D eigenvalue weighted by Gasteiger charge is -2.40. The van der Waals surface area contributed by atoms with E-state index < -0.39 is 22.8 Å². The number of amides is 1. The van der Waals surface area contributed by atoms with E-state index in [0.29, 0.717) is 38.0 Å². The number of hydrogen-bond acceptors (Lipinski definition) is 3. The second kappa shape index (κ2) is 10.2. The average Bonchev–Trinajstić information content (AvgIpc) is 3.19. The highest BCUT2D eigenvalue weighted by Crippen LogP contribution is 2.47. The van der Waals surface area contributed by atoms with Crippen LogP contribution >= 0.6 is 0 Å². The minimum absolute atomic E-state index is 0.0501. The summed E-state index contributed by atoms with van der Waals surface area (Å²) in [6.07, 6.45) is -2.94. The summed E-state index contributed by atoms with van der Waals surface area (Å²) in [5.74, 6) is 0.145. The molecule has 0 saturated carbocycles. The number of piperidine rings is 1. The third-order valence-electron chi connectivity index (χ3n) is 8.45. The van der Waals surface area contributed by atoms with Gasteiger partial charge in [-0.05, 0) is 54.6 Å². The highest BCUT2D eigenvalue weighted by Gasteiger charge is 2.54. The van der Waals surface area contributed by atoms with E-state index in [9.17, 15) is 23.1 Å². The van der Waals surface area contributed by atoms with Crippen molar-refractivity contribution in [1.82, 2.24) is 9.80 Å². The van der Waals surface area contributed by atoms with Crippen LogP contribution in [0.5, 0.6) is 0 Å². The molecule has 1 amide bonds. The number of benzene rings is 3. The molecule has 0 aromatic heterocycles. The van der Waals surface area contributed by atoms with Crippen LogP contribution in [0.4, 0.5) is 13.2 Å². The quantitative estimate of drug-likeness (QED) is 0.468. The lowest BCUT2D eigenvalue weighted by molar-refractivity contribution is -0.137. The number of carbonyl (C=O) groups is 1. The van der Waals surface area contributed by atoms with Crippen molar-refractivity contribution in [2.24, 2.45) is 5.92 Å². The molecular formula is C31H33F3N2O2. The number of hydrogen-bond donors (Lipinski definition) is 1. The Morgan fingerprint density at radius 1 is 0.868 bits per heavy atom. The molecule has 1 unspecified atom stereocenters. The van der Waals surface area contributed by atoms with E-state index in [0.717, 1.165) is 36.2 Å². The summed E-state index contributed by atoms with van der Waals surface area (Å²) in [5, 5.41) is 11.2. The Labute approximate surface area is 221 Å². The molecule has 0 aliphatic carbocycles. The Morgan fingerprint density at radius 3 is 1.97 bits per heavy atom. The zero-order valence-electron chi connectivity index (χ0n) is 21.5. The first-order valence-corrected chi connectivity index (χ1v) is 13.1. The summed E-state index contributed by atoms with van der Waals surface area (Å²) in [7, 11) is 1.86. The number of likely N-dealkylation sites (N-methyl/N-ethyl adjacent to an activating group) is 1. The summed E-state index contributed by atoms with van der Waals surface area (Å²) in [5.41, 5.74) is -0.488. The highest BCUT2D eigenvalue weighted by atomic mass is 19.4. The maximum Gasteiger partial charge on any atom is 0.416 e. The fraction of sp³-hybridized carbons (Fsp3) is 0.387. The van der Waals surface area contributed by atoms with Crippen molar-refractivity contribution in [2.45, 2.75) is 36.5 Å². The maximum absolute atomic E-state index is 13.8. The minimum Gasteiger partial charge on any atom is -0.385 e. The SMILES string of the molecule is CN1CC(CCN2CCC(O)(c3cccc(C(F)(F)F)c3)CC2)C(c2ccccc2)(c2ccccc2)C1=O. The lowest BCUT2D eigenvalue weighted by atomic mass is 9.66. The molecule has 3 aromatic carbocycles. The van der Waals surface area contributed by atoms with E-state index in [1.165, 1.54) is 6.07 Å². The molecule has 2 fully saturated rings. The molecule has 1 atom stereocenters. The van der Waals surface area contributed by atoms with Gasteiger partial charge in [0.05, 0.1) is 11.2 Å². The van der Waals surface area contributed by atoms with Crippen LogP contribution < -0.4 is 0 Å². The van der Waals surface area contributed by atoms with Gasteiger partial charge in [-0.2, -0.15) is 13.2 Å². The van der Waals surface area contributed by atoms with Crippen LogP contribution in [0.1, 0.15) is 41.5 Å². The average molecular weight is 523 g/mol. The van der Waals surface area contributed by atoms with Crippen LogP contribution in [-0.4, -0.2) is 54.0 Å². The number of aliphatic hydroxyl groups is 1. The minimum atomic E-state index is -4.44. The van der Waals surface area contributed by atoms with Crippen molar-refractivity contribution in [3.05, 3.63) is 107 Å². The van der Waals surface area contributed by atoms with Crippen LogP contribution in [-0.2, 0) is 22.0 Å². The van der Waals surface area contributed by atoms with Gasteiger partial charge in [0.1, 0.15) is 5.41 Å². The summed E-state index contributed by atoms with van der Waals surface area (Å²) in [4.78, 5) is 17.9. The second-order valence-corrected chi connectivity index (χ2v) is 10.7. The van der Waals surface area contributed by atoms with Gasteiger partial charge < -0.3 is 14.9 Å². The molecule has 2 heterocycles.